The van der Waals surface area contributed by atoms with Gasteiger partial charge >= 0.3 is 0 Å². The lowest BCUT2D eigenvalue weighted by atomic mass is 9.89. The number of phenols is 2. The van der Waals surface area contributed by atoms with Crippen LogP contribution in [0.1, 0.15) is 11.7 Å². The number of phenolic OH excluding ortho intramolecular Hbond substituents is 2. The highest BCUT2D eigenvalue weighted by Gasteiger charge is 2.52. The second-order valence-corrected chi connectivity index (χ2v) is 12.5. The number of aromatic hydroxyl groups is 2. The fraction of sp³-hybridized carbons (Fsp3) is 0.531. The molecule has 3 saturated heterocycles. The highest BCUT2D eigenvalue weighted by atomic mass is 16.7. The lowest BCUT2D eigenvalue weighted by molar-refractivity contribution is -0.325. The second kappa shape index (κ2) is 14.8. The minimum absolute atomic E-state index is 0.0309. The summed E-state index contributed by atoms with van der Waals surface area (Å²) in [4.78, 5) is 13.6. The van der Waals surface area contributed by atoms with E-state index in [1.54, 1.807) is 0 Å². The Hall–Kier alpha value is -3.51. The van der Waals surface area contributed by atoms with Crippen LogP contribution in [0.3, 0.4) is 0 Å². The molecule has 3 aromatic rings. The average Bonchev–Trinajstić information content (AvgIpc) is 3.11. The van der Waals surface area contributed by atoms with Crippen molar-refractivity contribution in [3.8, 4) is 28.6 Å². The van der Waals surface area contributed by atoms with Gasteiger partial charge in [-0.25, -0.2) is 0 Å². The Morgan fingerprint density at radius 1 is 0.725 bits per heavy atom. The van der Waals surface area contributed by atoms with Crippen molar-refractivity contribution >= 4 is 11.0 Å². The van der Waals surface area contributed by atoms with Gasteiger partial charge in [0.2, 0.25) is 6.29 Å². The third kappa shape index (κ3) is 6.90. The molecule has 12 N–H and O–H groups in total. The van der Waals surface area contributed by atoms with E-state index in [2.05, 4.69) is 0 Å². The lowest BCUT2D eigenvalue weighted by Crippen LogP contribution is -2.60. The van der Waals surface area contributed by atoms with Crippen LogP contribution in [-0.2, 0) is 18.9 Å². The maximum atomic E-state index is 13.6. The van der Waals surface area contributed by atoms with E-state index in [0.717, 1.165) is 12.1 Å². The van der Waals surface area contributed by atoms with Crippen molar-refractivity contribution in [2.24, 2.45) is 0 Å². The van der Waals surface area contributed by atoms with Crippen LogP contribution in [-0.4, -0.2) is 161 Å². The molecule has 0 amide bonds. The minimum atomic E-state index is -2.00. The Balaban J connectivity index is 1.52. The van der Waals surface area contributed by atoms with Crippen LogP contribution in [0.15, 0.2) is 45.6 Å². The Morgan fingerprint density at radius 2 is 1.35 bits per heavy atom. The Morgan fingerprint density at radius 3 is 2.02 bits per heavy atom. The molecular weight excluding hydrogens is 688 g/mol. The molecule has 0 spiro atoms. The van der Waals surface area contributed by atoms with Crippen LogP contribution in [0.5, 0.6) is 17.2 Å². The first kappa shape index (κ1) is 37.3. The molecule has 3 fully saturated rings. The zero-order valence-electron chi connectivity index (χ0n) is 26.4. The Bertz CT molecular complexity index is 1730. The largest absolute Gasteiger partial charge is 0.508 e. The zero-order chi connectivity index (χ0) is 36.9. The van der Waals surface area contributed by atoms with Crippen molar-refractivity contribution in [2.75, 3.05) is 19.8 Å². The van der Waals surface area contributed by atoms with Crippen LogP contribution in [0.4, 0.5) is 0 Å². The van der Waals surface area contributed by atoms with E-state index in [1.165, 1.54) is 24.3 Å². The molecule has 2 aromatic carbocycles. The molecule has 0 unspecified atom stereocenters. The summed E-state index contributed by atoms with van der Waals surface area (Å²) >= 11 is 0. The molecule has 3 aliphatic rings. The summed E-state index contributed by atoms with van der Waals surface area (Å²) < 4.78 is 34.3. The van der Waals surface area contributed by atoms with Crippen LogP contribution in [0, 0.1) is 0 Å². The van der Waals surface area contributed by atoms with E-state index >= 15 is 0 Å². The molecule has 0 bridgehead atoms. The van der Waals surface area contributed by atoms with Gasteiger partial charge in [0.1, 0.15) is 107 Å². The summed E-state index contributed by atoms with van der Waals surface area (Å²) in [6.07, 6.45) is -25.1. The second-order valence-electron chi connectivity index (χ2n) is 12.5. The molecule has 19 heteroatoms. The molecular formula is C32H38O19. The summed E-state index contributed by atoms with van der Waals surface area (Å²) in [6.45, 7) is -2.26. The smallest absolute Gasteiger partial charge is 0.229 e. The van der Waals surface area contributed by atoms with Crippen molar-refractivity contribution in [1.29, 1.82) is 0 Å². The molecule has 6 rings (SSSR count). The first-order valence-electron chi connectivity index (χ1n) is 15.8. The number of aliphatic hydroxyl groups is 10. The Kier molecular flexibility index (Phi) is 10.8. The van der Waals surface area contributed by atoms with Crippen molar-refractivity contribution in [3.05, 3.63) is 52.2 Å². The highest BCUT2D eigenvalue weighted by molar-refractivity contribution is 5.88. The minimum Gasteiger partial charge on any atom is -0.508 e. The molecule has 51 heavy (non-hydrogen) atoms. The third-order valence-electron chi connectivity index (χ3n) is 9.14. The summed E-state index contributed by atoms with van der Waals surface area (Å²) in [7, 11) is 0. The molecule has 0 radical (unpaired) electrons. The average molecular weight is 727 g/mol. The van der Waals surface area contributed by atoms with Gasteiger partial charge < -0.3 is 89.4 Å². The highest BCUT2D eigenvalue weighted by Crippen LogP contribution is 2.47. The standard InChI is InChI=1S/C32H38O19/c33-7-17-23(40)26(43)30(51-31-27(44)21(38)13(37)9-46-31)29(48-17)20-16(49-32-28(45)25(42)22(39)18(8-34)50-32)6-15-19(24(20)41)12(36)5-14(47-15)10-1-3-11(35)4-2-10/h1-6,13,17-18,21-23,25-35,37-45H,7-9H2/t13-,17+,18-,21+,22-,23+,25-,26-,27+,28+,29-,30+,31+,32+/m0/s1. The van der Waals surface area contributed by atoms with E-state index in [-0.39, 0.29) is 17.1 Å². The molecule has 3 aliphatic heterocycles. The maximum absolute atomic E-state index is 13.6. The van der Waals surface area contributed by atoms with Gasteiger partial charge in [-0.1, -0.05) is 0 Å². The van der Waals surface area contributed by atoms with Crippen molar-refractivity contribution in [3.63, 3.8) is 0 Å². The molecule has 19 nitrogen and oxygen atoms in total. The number of fused-ring (bicyclic) bond motifs is 1. The van der Waals surface area contributed by atoms with Crippen LogP contribution < -0.4 is 10.2 Å². The number of ether oxygens (including phenoxy) is 5. The topological polar surface area (TPSA) is 319 Å². The van der Waals surface area contributed by atoms with E-state index < -0.39 is 134 Å². The summed E-state index contributed by atoms with van der Waals surface area (Å²) in [5, 5.41) is 125. The predicted molar refractivity (Wildman–Crippen MR) is 165 cm³/mol. The van der Waals surface area contributed by atoms with Crippen molar-refractivity contribution in [1.82, 2.24) is 0 Å². The zero-order valence-corrected chi connectivity index (χ0v) is 26.4. The lowest BCUT2D eigenvalue weighted by Gasteiger charge is -2.45. The fourth-order valence-electron chi connectivity index (χ4n) is 6.25. The van der Waals surface area contributed by atoms with Gasteiger partial charge in [0.15, 0.2) is 11.7 Å². The van der Waals surface area contributed by atoms with Gasteiger partial charge in [0.25, 0.3) is 0 Å². The van der Waals surface area contributed by atoms with Gasteiger partial charge in [-0.05, 0) is 24.3 Å². The van der Waals surface area contributed by atoms with Gasteiger partial charge in [0, 0.05) is 17.7 Å². The first-order valence-corrected chi connectivity index (χ1v) is 15.8. The number of rotatable bonds is 8. The van der Waals surface area contributed by atoms with Gasteiger partial charge in [-0.3, -0.25) is 4.79 Å². The molecule has 0 aliphatic carbocycles. The van der Waals surface area contributed by atoms with Crippen molar-refractivity contribution in [2.45, 2.75) is 85.8 Å². The van der Waals surface area contributed by atoms with Crippen molar-refractivity contribution < 1.29 is 89.4 Å². The SMILES string of the molecule is O=c1cc(-c2ccc(O)cc2)oc2cc(O[C@@H]3O[C@@H](CO)[C@H](O)[C@H](O)[C@H]3O)c([C@@H]3O[C@H](CO)[C@@H](O)[C@H](O)[C@H]3O[C@H]3OC[C@H](O)[C@@H](O)[C@H]3O)c(O)c12. The molecule has 0 saturated carbocycles. The van der Waals surface area contributed by atoms with E-state index in [9.17, 15) is 66.1 Å². The van der Waals surface area contributed by atoms with Gasteiger partial charge in [-0.15, -0.1) is 0 Å². The van der Waals surface area contributed by atoms with E-state index in [1.807, 2.05) is 0 Å². The molecule has 1 aromatic heterocycles. The third-order valence-corrected chi connectivity index (χ3v) is 9.14. The quantitative estimate of drug-likeness (QED) is 0.105. The first-order chi connectivity index (χ1) is 24.2. The molecule has 280 valence electrons. The van der Waals surface area contributed by atoms with Gasteiger partial charge in [-0.2, -0.15) is 0 Å². The number of aliphatic hydroxyl groups excluding tert-OH is 10. The van der Waals surface area contributed by atoms with Crippen LogP contribution in [0.2, 0.25) is 0 Å². The molecule has 14 atom stereocenters. The normalized spacial score (nSPS) is 37.4. The van der Waals surface area contributed by atoms with Gasteiger partial charge in [0.05, 0.1) is 25.4 Å². The maximum Gasteiger partial charge on any atom is 0.229 e. The fourth-order valence-corrected chi connectivity index (χ4v) is 6.25. The number of benzene rings is 2. The molecule has 4 heterocycles. The predicted octanol–water partition coefficient (Wildman–Crippen LogP) is -3.97. The van der Waals surface area contributed by atoms with E-state index in [0.29, 0.717) is 5.56 Å². The van der Waals surface area contributed by atoms with E-state index in [4.69, 9.17) is 28.1 Å². The Labute approximate surface area is 286 Å². The monoisotopic (exact) mass is 726 g/mol. The summed E-state index contributed by atoms with van der Waals surface area (Å²) in [6, 6.07) is 7.62. The van der Waals surface area contributed by atoms with Crippen LogP contribution in [0.25, 0.3) is 22.3 Å². The van der Waals surface area contributed by atoms with Crippen LogP contribution >= 0.6 is 0 Å². The summed E-state index contributed by atoms with van der Waals surface area (Å²) in [5.41, 5.74) is -1.36. The summed E-state index contributed by atoms with van der Waals surface area (Å²) in [5.74, 6) is -1.56. The number of hydrogen-bond donors (Lipinski definition) is 12. The number of hydrogen-bond acceptors (Lipinski definition) is 19.